The zero-order valence-electron chi connectivity index (χ0n) is 15.3. The van der Waals surface area contributed by atoms with Gasteiger partial charge in [0.25, 0.3) is 0 Å². The molecule has 4 N–H and O–H groups in total. The number of aliphatic hydroxyl groups excluding tert-OH is 3. The molecule has 0 amide bonds. The molecule has 0 radical (unpaired) electrons. The van der Waals surface area contributed by atoms with E-state index in [1.54, 1.807) is 0 Å². The highest BCUT2D eigenvalue weighted by atomic mass is 16.4. The molecule has 5 nitrogen and oxygen atoms in total. The van der Waals surface area contributed by atoms with Crippen molar-refractivity contribution in [3.63, 3.8) is 0 Å². The smallest absolute Gasteiger partial charge is 0.303 e. The third-order valence-corrected chi connectivity index (χ3v) is 3.77. The highest BCUT2D eigenvalue weighted by Crippen LogP contribution is 2.08. The van der Waals surface area contributed by atoms with Gasteiger partial charge in [-0.2, -0.15) is 0 Å². The summed E-state index contributed by atoms with van der Waals surface area (Å²) in [4.78, 5) is 10.3. The Balaban J connectivity index is 3.84. The quantitative estimate of drug-likeness (QED) is 0.267. The maximum Gasteiger partial charge on any atom is 0.303 e. The van der Waals surface area contributed by atoms with Gasteiger partial charge in [-0.25, -0.2) is 0 Å². The van der Waals surface area contributed by atoms with Crippen molar-refractivity contribution in [3.05, 3.63) is 36.5 Å². The summed E-state index contributed by atoms with van der Waals surface area (Å²) in [6.45, 7) is 2.09. The lowest BCUT2D eigenvalue weighted by Crippen LogP contribution is -2.24. The fourth-order valence-electron chi connectivity index (χ4n) is 2.22. The molecule has 0 heterocycles. The second-order valence-corrected chi connectivity index (χ2v) is 6.21. The number of carboxylic acids is 1. The Labute approximate surface area is 151 Å². The Bertz CT molecular complexity index is 414. The van der Waals surface area contributed by atoms with Crippen molar-refractivity contribution < 1.29 is 25.2 Å². The predicted molar refractivity (Wildman–Crippen MR) is 100 cm³/mol. The van der Waals surface area contributed by atoms with E-state index in [0.29, 0.717) is 19.3 Å². The van der Waals surface area contributed by atoms with Crippen molar-refractivity contribution in [2.45, 2.75) is 83.0 Å². The molecule has 0 aromatic carbocycles. The predicted octanol–water partition coefficient (Wildman–Crippen LogP) is 3.35. The molecular weight excluding hydrogens is 320 g/mol. The van der Waals surface area contributed by atoms with Gasteiger partial charge < -0.3 is 20.4 Å². The molecule has 0 aromatic rings. The first-order chi connectivity index (χ1) is 12.0. The highest BCUT2D eigenvalue weighted by molar-refractivity contribution is 5.66. The van der Waals surface area contributed by atoms with E-state index in [2.05, 4.69) is 6.92 Å². The maximum absolute atomic E-state index is 10.3. The number of carboxylic acid groups (broad SMARTS) is 1. The molecule has 0 saturated carbocycles. The lowest BCUT2D eigenvalue weighted by atomic mass is 10.0. The van der Waals surface area contributed by atoms with E-state index in [4.69, 9.17) is 5.11 Å². The summed E-state index contributed by atoms with van der Waals surface area (Å²) in [5.74, 6) is -0.770. The third kappa shape index (κ3) is 15.8. The van der Waals surface area contributed by atoms with Gasteiger partial charge in [-0.1, -0.05) is 62.6 Å². The number of hydrogen-bond donors (Lipinski definition) is 4. The highest BCUT2D eigenvalue weighted by Gasteiger charge is 2.12. The minimum absolute atomic E-state index is 0.192. The third-order valence-electron chi connectivity index (χ3n) is 3.77. The van der Waals surface area contributed by atoms with Crippen molar-refractivity contribution in [2.24, 2.45) is 0 Å². The monoisotopic (exact) mass is 354 g/mol. The Morgan fingerprint density at radius 3 is 2.36 bits per heavy atom. The first kappa shape index (κ1) is 23.6. The van der Waals surface area contributed by atoms with Gasteiger partial charge in [0.05, 0.1) is 18.3 Å². The Hall–Kier alpha value is -1.43. The van der Waals surface area contributed by atoms with Crippen LogP contribution in [0, 0.1) is 0 Å². The average Bonchev–Trinajstić information content (AvgIpc) is 2.57. The van der Waals surface area contributed by atoms with Crippen LogP contribution in [0.4, 0.5) is 0 Å². The van der Waals surface area contributed by atoms with Crippen molar-refractivity contribution in [3.8, 4) is 0 Å². The van der Waals surface area contributed by atoms with Gasteiger partial charge in [0.2, 0.25) is 0 Å². The molecule has 0 rings (SSSR count). The van der Waals surface area contributed by atoms with Crippen LogP contribution < -0.4 is 0 Å². The molecular formula is C20H34O5. The van der Waals surface area contributed by atoms with Crippen LogP contribution in [0.1, 0.15) is 64.7 Å². The van der Waals surface area contributed by atoms with E-state index in [0.717, 1.165) is 32.1 Å². The summed E-state index contributed by atoms with van der Waals surface area (Å²) < 4.78 is 0. The second-order valence-electron chi connectivity index (χ2n) is 6.21. The van der Waals surface area contributed by atoms with Crippen LogP contribution >= 0.6 is 0 Å². The molecule has 0 spiro atoms. The van der Waals surface area contributed by atoms with Crippen molar-refractivity contribution in [1.82, 2.24) is 0 Å². The summed E-state index contributed by atoms with van der Waals surface area (Å²) in [6, 6.07) is 0. The fraction of sp³-hybridized carbons (Fsp3) is 0.650. The molecule has 0 saturated heterocycles. The van der Waals surface area contributed by atoms with E-state index in [1.165, 1.54) is 12.2 Å². The molecule has 0 aromatic heterocycles. The normalized spacial score (nSPS) is 16.0. The molecule has 0 bridgehead atoms. The van der Waals surface area contributed by atoms with Gasteiger partial charge in [0.1, 0.15) is 0 Å². The summed E-state index contributed by atoms with van der Waals surface area (Å²) in [6.07, 6.45) is 14.6. The van der Waals surface area contributed by atoms with E-state index < -0.39 is 24.3 Å². The minimum atomic E-state index is -0.941. The summed E-state index contributed by atoms with van der Waals surface area (Å²) in [5.41, 5.74) is 0. The topological polar surface area (TPSA) is 98.0 Å². The van der Waals surface area contributed by atoms with Crippen LogP contribution in [0.15, 0.2) is 36.5 Å². The SMILES string of the molecule is CCCCCC(O)C(O)/C=C/C(O)C/C=C/C/C=C/CCCC(=O)O. The fourth-order valence-corrected chi connectivity index (χ4v) is 2.22. The Morgan fingerprint density at radius 1 is 0.960 bits per heavy atom. The number of rotatable bonds is 15. The molecule has 0 aliphatic rings. The Morgan fingerprint density at radius 2 is 1.68 bits per heavy atom. The zero-order valence-corrected chi connectivity index (χ0v) is 15.3. The number of unbranched alkanes of at least 4 members (excludes halogenated alkanes) is 3. The standard InChI is InChI=1S/C20H34O5/c1-2-3-9-13-18(22)19(23)16-15-17(21)12-10-7-5-4-6-8-11-14-20(24)25/h4,6-7,10,15-19,21-23H,2-3,5,8-9,11-14H2,1H3,(H,24,25)/b6-4+,10-7+,16-15+. The van der Waals surface area contributed by atoms with Crippen molar-refractivity contribution in [1.29, 1.82) is 0 Å². The molecule has 0 aliphatic heterocycles. The number of carbonyl (C=O) groups is 1. The van der Waals surface area contributed by atoms with E-state index in [1.807, 2.05) is 24.3 Å². The number of allylic oxidation sites excluding steroid dienone is 3. The van der Waals surface area contributed by atoms with Gasteiger partial charge in [0, 0.05) is 6.42 Å². The van der Waals surface area contributed by atoms with E-state index in [-0.39, 0.29) is 6.42 Å². The lowest BCUT2D eigenvalue weighted by Gasteiger charge is -2.14. The molecule has 5 heteroatoms. The average molecular weight is 354 g/mol. The van der Waals surface area contributed by atoms with Crippen LogP contribution in [0.25, 0.3) is 0 Å². The van der Waals surface area contributed by atoms with E-state index in [9.17, 15) is 20.1 Å². The van der Waals surface area contributed by atoms with Crippen molar-refractivity contribution in [2.75, 3.05) is 0 Å². The zero-order chi connectivity index (χ0) is 18.9. The molecule has 0 fully saturated rings. The summed E-state index contributed by atoms with van der Waals surface area (Å²) in [5, 5.41) is 37.9. The minimum Gasteiger partial charge on any atom is -0.481 e. The molecule has 144 valence electrons. The second kappa shape index (κ2) is 16.1. The number of aliphatic hydroxyl groups is 3. The lowest BCUT2D eigenvalue weighted by molar-refractivity contribution is -0.137. The van der Waals surface area contributed by atoms with E-state index >= 15 is 0 Å². The molecule has 3 unspecified atom stereocenters. The molecule has 25 heavy (non-hydrogen) atoms. The van der Waals surface area contributed by atoms with Gasteiger partial charge >= 0.3 is 5.97 Å². The van der Waals surface area contributed by atoms with Gasteiger partial charge in [-0.05, 0) is 32.1 Å². The van der Waals surface area contributed by atoms with Crippen LogP contribution in [0.5, 0.6) is 0 Å². The summed E-state index contributed by atoms with van der Waals surface area (Å²) >= 11 is 0. The number of aliphatic carboxylic acids is 1. The van der Waals surface area contributed by atoms with Gasteiger partial charge in [0.15, 0.2) is 0 Å². The number of hydrogen-bond acceptors (Lipinski definition) is 4. The van der Waals surface area contributed by atoms with Crippen LogP contribution in [-0.4, -0.2) is 44.7 Å². The maximum atomic E-state index is 10.3. The Kier molecular flexibility index (Phi) is 15.1. The van der Waals surface area contributed by atoms with Crippen molar-refractivity contribution >= 4 is 5.97 Å². The van der Waals surface area contributed by atoms with Gasteiger partial charge in [-0.3, -0.25) is 4.79 Å². The first-order valence-corrected chi connectivity index (χ1v) is 9.21. The van der Waals surface area contributed by atoms with Crippen LogP contribution in [0.3, 0.4) is 0 Å². The van der Waals surface area contributed by atoms with Gasteiger partial charge in [-0.15, -0.1) is 0 Å². The van der Waals surface area contributed by atoms with Crippen LogP contribution in [0.2, 0.25) is 0 Å². The first-order valence-electron chi connectivity index (χ1n) is 9.21. The summed E-state index contributed by atoms with van der Waals surface area (Å²) in [7, 11) is 0. The van der Waals surface area contributed by atoms with Crippen LogP contribution in [-0.2, 0) is 4.79 Å². The molecule has 3 atom stereocenters. The largest absolute Gasteiger partial charge is 0.481 e. The molecule has 0 aliphatic carbocycles.